The van der Waals surface area contributed by atoms with Crippen LogP contribution in [0.5, 0.6) is 0 Å². The zero-order chi connectivity index (χ0) is 19.8. The van der Waals surface area contributed by atoms with E-state index in [1.54, 1.807) is 0 Å². The molecule has 29 heavy (non-hydrogen) atoms. The van der Waals surface area contributed by atoms with Crippen molar-refractivity contribution in [3.8, 4) is 11.3 Å². The third kappa shape index (κ3) is 3.61. The lowest BCUT2D eigenvalue weighted by Gasteiger charge is -2.31. The minimum atomic E-state index is 0.178. The number of fused-ring (bicyclic) bond motifs is 1. The summed E-state index contributed by atoms with van der Waals surface area (Å²) in [6.45, 7) is 2.32. The number of benzene rings is 2. The second-order valence-electron chi connectivity index (χ2n) is 7.52. The molecule has 7 heteroatoms. The molecule has 0 saturated carbocycles. The van der Waals surface area contributed by atoms with Crippen LogP contribution in [0.2, 0.25) is 5.02 Å². The molecule has 0 bridgehead atoms. The van der Waals surface area contributed by atoms with Gasteiger partial charge in [0.2, 0.25) is 5.95 Å². The highest BCUT2D eigenvalue weighted by Crippen LogP contribution is 2.28. The normalized spacial score (nSPS) is 17.2. The van der Waals surface area contributed by atoms with Crippen LogP contribution in [0, 0.1) is 0 Å². The molecule has 1 aliphatic heterocycles. The number of rotatable bonds is 4. The maximum Gasteiger partial charge on any atom is 0.207 e. The molecule has 6 nitrogen and oxygen atoms in total. The van der Waals surface area contributed by atoms with E-state index >= 15 is 0 Å². The fourth-order valence-corrected chi connectivity index (χ4v) is 4.17. The van der Waals surface area contributed by atoms with Gasteiger partial charge in [0.15, 0.2) is 5.76 Å². The van der Waals surface area contributed by atoms with Crippen LogP contribution in [0.4, 0.5) is 5.95 Å². The lowest BCUT2D eigenvalue weighted by Crippen LogP contribution is -2.44. The number of imidazole rings is 1. The lowest BCUT2D eigenvalue weighted by atomic mass is 10.1. The Bertz CT molecular complexity index is 1150. The van der Waals surface area contributed by atoms with E-state index < -0.39 is 0 Å². The van der Waals surface area contributed by atoms with Crippen LogP contribution >= 0.6 is 11.6 Å². The number of para-hydroxylation sites is 2. The molecule has 0 unspecified atom stereocenters. The second kappa shape index (κ2) is 7.54. The van der Waals surface area contributed by atoms with Gasteiger partial charge in [0.25, 0.3) is 0 Å². The number of anilines is 1. The van der Waals surface area contributed by atoms with Crippen LogP contribution in [-0.2, 0) is 6.54 Å². The summed E-state index contributed by atoms with van der Waals surface area (Å²) in [6.07, 6.45) is 2.13. The monoisotopic (exact) mass is 407 g/mol. The summed E-state index contributed by atoms with van der Waals surface area (Å²) in [5.74, 6) is 1.70. The number of hydrogen-bond donors (Lipinski definition) is 1. The summed E-state index contributed by atoms with van der Waals surface area (Å²) in [7, 11) is 0. The molecule has 1 atom stereocenters. The first kappa shape index (κ1) is 18.2. The number of nitrogens with zero attached hydrogens (tertiary/aromatic N) is 4. The average Bonchev–Trinajstić information content (AvgIpc) is 3.34. The van der Waals surface area contributed by atoms with Crippen LogP contribution in [0.3, 0.4) is 0 Å². The van der Waals surface area contributed by atoms with Crippen LogP contribution in [0.1, 0.15) is 18.6 Å². The number of nitrogens with two attached hydrogens (primary N) is 1. The predicted octanol–water partition coefficient (Wildman–Crippen LogP) is 4.32. The summed E-state index contributed by atoms with van der Waals surface area (Å²) in [6, 6.07) is 17.9. The molecular weight excluding hydrogens is 386 g/mol. The molecule has 0 aliphatic carbocycles. The van der Waals surface area contributed by atoms with Crippen LogP contribution in [-0.4, -0.2) is 33.8 Å². The second-order valence-corrected chi connectivity index (χ2v) is 7.96. The summed E-state index contributed by atoms with van der Waals surface area (Å²) in [5.41, 5.74) is 9.97. The fourth-order valence-electron chi connectivity index (χ4n) is 3.98. The molecule has 2 aromatic heterocycles. The summed E-state index contributed by atoms with van der Waals surface area (Å²) >= 11 is 6.11. The molecular formula is C22H22ClN5O. The van der Waals surface area contributed by atoms with Gasteiger partial charge in [-0.3, -0.25) is 0 Å². The number of piperidine rings is 1. The fraction of sp³-hybridized carbons (Fsp3) is 0.273. The Hall–Kier alpha value is -2.83. The van der Waals surface area contributed by atoms with E-state index in [0.29, 0.717) is 11.6 Å². The van der Waals surface area contributed by atoms with Gasteiger partial charge in [-0.25, -0.2) is 4.98 Å². The molecule has 1 saturated heterocycles. The van der Waals surface area contributed by atoms with E-state index in [1.165, 1.54) is 0 Å². The van der Waals surface area contributed by atoms with Gasteiger partial charge < -0.3 is 19.7 Å². The molecule has 5 rings (SSSR count). The van der Waals surface area contributed by atoms with Crippen molar-refractivity contribution in [2.24, 2.45) is 5.73 Å². The van der Waals surface area contributed by atoms with Crippen molar-refractivity contribution in [3.05, 3.63) is 65.4 Å². The van der Waals surface area contributed by atoms with Crippen molar-refractivity contribution in [1.82, 2.24) is 14.7 Å². The Balaban J connectivity index is 1.51. The van der Waals surface area contributed by atoms with E-state index in [1.807, 2.05) is 48.5 Å². The first-order valence-corrected chi connectivity index (χ1v) is 10.2. The Labute approximate surface area is 173 Å². The van der Waals surface area contributed by atoms with Crippen LogP contribution in [0.25, 0.3) is 22.3 Å². The minimum absolute atomic E-state index is 0.178. The Morgan fingerprint density at radius 1 is 1.14 bits per heavy atom. The number of hydrogen-bond acceptors (Lipinski definition) is 5. The molecule has 0 radical (unpaired) electrons. The zero-order valence-corrected chi connectivity index (χ0v) is 16.7. The predicted molar refractivity (Wildman–Crippen MR) is 115 cm³/mol. The maximum atomic E-state index is 6.22. The molecule has 1 fully saturated rings. The molecule has 2 N–H and O–H groups in total. The van der Waals surface area contributed by atoms with Gasteiger partial charge in [0, 0.05) is 35.8 Å². The van der Waals surface area contributed by atoms with Gasteiger partial charge in [-0.05, 0) is 37.1 Å². The SMILES string of the molecule is N[C@@H]1CCCN(c2nc3ccccc3n2Cc2cc(-c3cccc(Cl)c3)no2)C1. The highest BCUT2D eigenvalue weighted by atomic mass is 35.5. The Kier molecular flexibility index (Phi) is 4.73. The topological polar surface area (TPSA) is 73.1 Å². The summed E-state index contributed by atoms with van der Waals surface area (Å²) in [5, 5.41) is 4.92. The van der Waals surface area contributed by atoms with E-state index in [9.17, 15) is 0 Å². The average molecular weight is 408 g/mol. The molecule has 0 spiro atoms. The van der Waals surface area contributed by atoms with Gasteiger partial charge in [-0.15, -0.1) is 0 Å². The molecule has 1 aliphatic rings. The largest absolute Gasteiger partial charge is 0.359 e. The standard InChI is InChI=1S/C22H22ClN5O/c23-16-6-3-5-15(11-16)20-12-18(29-26-20)14-28-21-9-2-1-8-19(21)25-22(28)27-10-4-7-17(24)13-27/h1-3,5-6,8-9,11-12,17H,4,7,10,13-14,24H2/t17-/m1/s1. The highest BCUT2D eigenvalue weighted by molar-refractivity contribution is 6.30. The maximum absolute atomic E-state index is 6.22. The lowest BCUT2D eigenvalue weighted by molar-refractivity contribution is 0.379. The van der Waals surface area contributed by atoms with Crippen molar-refractivity contribution in [2.75, 3.05) is 18.0 Å². The van der Waals surface area contributed by atoms with Crippen molar-refractivity contribution in [2.45, 2.75) is 25.4 Å². The van der Waals surface area contributed by atoms with E-state index in [2.05, 4.69) is 20.7 Å². The van der Waals surface area contributed by atoms with Gasteiger partial charge >= 0.3 is 0 Å². The number of halogens is 1. The smallest absolute Gasteiger partial charge is 0.207 e. The minimum Gasteiger partial charge on any atom is -0.359 e. The van der Waals surface area contributed by atoms with Crippen molar-refractivity contribution >= 4 is 28.6 Å². The van der Waals surface area contributed by atoms with Crippen molar-refractivity contribution in [1.29, 1.82) is 0 Å². The number of aromatic nitrogens is 3. The summed E-state index contributed by atoms with van der Waals surface area (Å²) < 4.78 is 7.85. The molecule has 148 valence electrons. The Morgan fingerprint density at radius 2 is 2.03 bits per heavy atom. The van der Waals surface area contributed by atoms with Gasteiger partial charge in [-0.2, -0.15) is 0 Å². The Morgan fingerprint density at radius 3 is 2.90 bits per heavy atom. The van der Waals surface area contributed by atoms with Crippen molar-refractivity contribution < 1.29 is 4.52 Å². The van der Waals surface area contributed by atoms with Gasteiger partial charge in [-0.1, -0.05) is 41.0 Å². The molecule has 0 amide bonds. The summed E-state index contributed by atoms with van der Waals surface area (Å²) in [4.78, 5) is 7.18. The first-order chi connectivity index (χ1) is 14.2. The van der Waals surface area contributed by atoms with E-state index in [-0.39, 0.29) is 6.04 Å². The highest BCUT2D eigenvalue weighted by Gasteiger charge is 2.23. The van der Waals surface area contributed by atoms with E-state index in [4.69, 9.17) is 26.8 Å². The van der Waals surface area contributed by atoms with Crippen LogP contribution in [0.15, 0.2) is 59.1 Å². The molecule has 3 heterocycles. The first-order valence-electron chi connectivity index (χ1n) is 9.85. The van der Waals surface area contributed by atoms with Crippen LogP contribution < -0.4 is 10.6 Å². The third-order valence-electron chi connectivity index (χ3n) is 5.37. The quantitative estimate of drug-likeness (QED) is 0.545. The zero-order valence-electron chi connectivity index (χ0n) is 16.0. The van der Waals surface area contributed by atoms with E-state index in [0.717, 1.165) is 59.9 Å². The van der Waals surface area contributed by atoms with Gasteiger partial charge in [0.05, 0.1) is 17.6 Å². The third-order valence-corrected chi connectivity index (χ3v) is 5.60. The molecule has 4 aromatic rings. The van der Waals surface area contributed by atoms with Crippen molar-refractivity contribution in [3.63, 3.8) is 0 Å². The molecule has 2 aromatic carbocycles. The van der Waals surface area contributed by atoms with Gasteiger partial charge in [0.1, 0.15) is 5.69 Å².